The molecule has 0 unspecified atom stereocenters. The second-order valence-electron chi connectivity index (χ2n) is 1.58. The van der Waals surface area contributed by atoms with Crippen LogP contribution >= 0.6 is 0 Å². The van der Waals surface area contributed by atoms with Gasteiger partial charge in [-0.15, -0.1) is 12.1 Å². The van der Waals surface area contributed by atoms with Crippen molar-refractivity contribution >= 4 is 6.08 Å². The smallest absolute Gasteiger partial charge is 0.292 e. The molecule has 1 rings (SSSR count). The van der Waals surface area contributed by atoms with Crippen molar-refractivity contribution in [3.63, 3.8) is 0 Å². The summed E-state index contributed by atoms with van der Waals surface area (Å²) in [6, 6.07) is 9.80. The summed E-state index contributed by atoms with van der Waals surface area (Å²) in [5.41, 5.74) is 1.06. The van der Waals surface area contributed by atoms with E-state index in [1.165, 1.54) is 0 Å². The number of hydrogen-bond donors (Lipinski definition) is 0. The van der Waals surface area contributed by atoms with Crippen molar-refractivity contribution < 1.29 is 18.9 Å². The number of hydrogen-bond acceptors (Lipinski definition) is 0. The van der Waals surface area contributed by atoms with E-state index in [1.54, 1.807) is 6.08 Å². The Balaban J connectivity index is 0.000000640. The normalized spacial score (nSPS) is 7.56. The molecule has 9 heavy (non-hydrogen) atoms. The molecule has 0 aliphatic heterocycles. The van der Waals surface area contributed by atoms with Crippen LogP contribution in [0.25, 0.3) is 6.08 Å². The molecule has 1 heteroatoms. The van der Waals surface area contributed by atoms with Crippen molar-refractivity contribution in [3.05, 3.63) is 42.5 Å². The fourth-order valence-corrected chi connectivity index (χ4v) is 0.564. The first kappa shape index (κ1) is 8.56. The zero-order chi connectivity index (χ0) is 5.82. The van der Waals surface area contributed by atoms with Crippen LogP contribution < -0.4 is 18.9 Å². The van der Waals surface area contributed by atoms with E-state index in [-0.39, 0.29) is 18.9 Å². The van der Waals surface area contributed by atoms with Gasteiger partial charge in [-0.2, -0.15) is 5.56 Å². The Bertz CT molecular complexity index is 167. The first-order chi connectivity index (χ1) is 3.93. The van der Waals surface area contributed by atoms with E-state index in [4.69, 9.17) is 6.58 Å². The van der Waals surface area contributed by atoms with E-state index in [0.717, 1.165) is 5.56 Å². The molecule has 0 spiro atoms. The molecule has 0 radical (unpaired) electrons. The third kappa shape index (κ3) is 2.56. The van der Waals surface area contributed by atoms with Crippen LogP contribution in [0, 0.1) is 6.58 Å². The van der Waals surface area contributed by atoms with Crippen LogP contribution in [0.5, 0.6) is 0 Å². The molecule has 0 aliphatic carbocycles. The number of benzene rings is 1. The number of rotatable bonds is 1. The van der Waals surface area contributed by atoms with Crippen molar-refractivity contribution in [1.82, 2.24) is 0 Å². The van der Waals surface area contributed by atoms with E-state index in [1.807, 2.05) is 30.3 Å². The second-order valence-corrected chi connectivity index (χ2v) is 1.58. The minimum atomic E-state index is 0. The minimum absolute atomic E-state index is 0. The van der Waals surface area contributed by atoms with Gasteiger partial charge in [-0.1, -0.05) is 18.2 Å². The SMILES string of the molecule is [CH-]=Cc1ccccc1.[Li+]. The topological polar surface area (TPSA) is 0 Å². The summed E-state index contributed by atoms with van der Waals surface area (Å²) in [4.78, 5) is 0. The van der Waals surface area contributed by atoms with Crippen LogP contribution in [0.4, 0.5) is 0 Å². The minimum Gasteiger partial charge on any atom is -0.292 e. The molecule has 1 aromatic rings. The van der Waals surface area contributed by atoms with E-state index in [2.05, 4.69) is 0 Å². The molecule has 1 aromatic carbocycles. The van der Waals surface area contributed by atoms with Crippen LogP contribution in [0.1, 0.15) is 5.56 Å². The molecule has 0 nitrogen and oxygen atoms in total. The van der Waals surface area contributed by atoms with Crippen LogP contribution in [0.2, 0.25) is 0 Å². The molecule has 0 heterocycles. The Morgan fingerprint density at radius 2 is 1.67 bits per heavy atom. The summed E-state index contributed by atoms with van der Waals surface area (Å²) < 4.78 is 0. The maximum atomic E-state index is 5.22. The summed E-state index contributed by atoms with van der Waals surface area (Å²) >= 11 is 0. The van der Waals surface area contributed by atoms with Crippen molar-refractivity contribution in [2.45, 2.75) is 0 Å². The first-order valence-corrected chi connectivity index (χ1v) is 2.53. The van der Waals surface area contributed by atoms with Gasteiger partial charge >= 0.3 is 18.9 Å². The Hall–Kier alpha value is -0.443. The molecule has 40 valence electrons. The maximum Gasteiger partial charge on any atom is 1.00 e. The summed E-state index contributed by atoms with van der Waals surface area (Å²) in [5, 5.41) is 0. The summed E-state index contributed by atoms with van der Waals surface area (Å²) in [6.45, 7) is 5.22. The molecule has 0 atom stereocenters. The summed E-state index contributed by atoms with van der Waals surface area (Å²) in [6.07, 6.45) is 1.58. The van der Waals surface area contributed by atoms with Gasteiger partial charge in [-0.25, -0.2) is 6.08 Å². The van der Waals surface area contributed by atoms with Gasteiger partial charge in [0.25, 0.3) is 0 Å². The predicted octanol–water partition coefficient (Wildman–Crippen LogP) is -0.863. The molecule has 0 fully saturated rings. The van der Waals surface area contributed by atoms with Crippen molar-refractivity contribution in [2.75, 3.05) is 0 Å². The fourth-order valence-electron chi connectivity index (χ4n) is 0.564. The van der Waals surface area contributed by atoms with E-state index in [9.17, 15) is 0 Å². The predicted molar refractivity (Wildman–Crippen MR) is 35.2 cm³/mol. The van der Waals surface area contributed by atoms with Crippen LogP contribution in [0.15, 0.2) is 30.3 Å². The molecule has 0 aliphatic rings. The Morgan fingerprint density at radius 3 is 2.00 bits per heavy atom. The molecule has 0 amide bonds. The molecule has 0 aromatic heterocycles. The molecule has 0 bridgehead atoms. The maximum absolute atomic E-state index is 5.22. The van der Waals surface area contributed by atoms with Crippen molar-refractivity contribution in [2.24, 2.45) is 0 Å². The molecule has 0 saturated heterocycles. The largest absolute Gasteiger partial charge is 1.00 e. The van der Waals surface area contributed by atoms with Crippen LogP contribution in [-0.4, -0.2) is 0 Å². The van der Waals surface area contributed by atoms with E-state index < -0.39 is 0 Å². The quantitative estimate of drug-likeness (QED) is 0.326. The Morgan fingerprint density at radius 1 is 1.11 bits per heavy atom. The molecular weight excluding hydrogens is 103 g/mol. The monoisotopic (exact) mass is 110 g/mol. The van der Waals surface area contributed by atoms with Gasteiger partial charge in [0, 0.05) is 0 Å². The molecule has 0 N–H and O–H groups in total. The first-order valence-electron chi connectivity index (χ1n) is 2.53. The van der Waals surface area contributed by atoms with Gasteiger partial charge in [0.1, 0.15) is 0 Å². The van der Waals surface area contributed by atoms with Gasteiger partial charge < -0.3 is 0 Å². The Labute approximate surface area is 67.8 Å². The summed E-state index contributed by atoms with van der Waals surface area (Å²) in [7, 11) is 0. The summed E-state index contributed by atoms with van der Waals surface area (Å²) in [5.74, 6) is 0. The fraction of sp³-hybridized carbons (Fsp3) is 0. The third-order valence-corrected chi connectivity index (χ3v) is 0.992. The van der Waals surface area contributed by atoms with Gasteiger partial charge in [0.2, 0.25) is 0 Å². The zero-order valence-electron chi connectivity index (χ0n) is 5.54. The average molecular weight is 110 g/mol. The van der Waals surface area contributed by atoms with Crippen molar-refractivity contribution in [3.8, 4) is 0 Å². The van der Waals surface area contributed by atoms with Gasteiger partial charge in [-0.05, 0) is 0 Å². The Kier molecular flexibility index (Phi) is 4.22. The average Bonchev–Trinajstić information content (AvgIpc) is 1.90. The second kappa shape index (κ2) is 4.44. The standard InChI is InChI=1S/C8H7.Li/c1-2-8-6-4-3-5-7-8;/h1-7H;/q-1;+1. The zero-order valence-corrected chi connectivity index (χ0v) is 5.54. The third-order valence-electron chi connectivity index (χ3n) is 0.992. The van der Waals surface area contributed by atoms with Crippen molar-refractivity contribution in [1.29, 1.82) is 0 Å². The molecular formula is C8H7Li. The molecule has 0 saturated carbocycles. The van der Waals surface area contributed by atoms with Crippen LogP contribution in [-0.2, 0) is 0 Å². The van der Waals surface area contributed by atoms with Crippen LogP contribution in [0.3, 0.4) is 0 Å². The van der Waals surface area contributed by atoms with Gasteiger partial charge in [-0.3, -0.25) is 6.58 Å². The van der Waals surface area contributed by atoms with Gasteiger partial charge in [0.05, 0.1) is 0 Å². The van der Waals surface area contributed by atoms with E-state index >= 15 is 0 Å². The van der Waals surface area contributed by atoms with E-state index in [0.29, 0.717) is 0 Å². The van der Waals surface area contributed by atoms with Gasteiger partial charge in [0.15, 0.2) is 0 Å².